The van der Waals surface area contributed by atoms with E-state index in [2.05, 4.69) is 26.2 Å². The molecular weight excluding hydrogens is 438 g/mol. The fraction of sp³-hybridized carbons (Fsp3) is 0.190. The standard InChI is InChI=1S/C21H18BrN3O2S/c1-25-19-18(16(11-17(26)23-19)14-7-9-15(22)10-8-14)20(27)24-21(25)28-12-13-5-3-2-4-6-13/h2-10,16H,11-12H2,1H3,(H,23,26). The van der Waals surface area contributed by atoms with E-state index in [-0.39, 0.29) is 23.8 Å². The molecule has 1 aliphatic rings. The molecule has 1 unspecified atom stereocenters. The number of anilines is 1. The van der Waals surface area contributed by atoms with Crippen LogP contribution in [0.25, 0.3) is 0 Å². The van der Waals surface area contributed by atoms with Crippen LogP contribution < -0.4 is 10.9 Å². The number of hydrogen-bond donors (Lipinski definition) is 1. The second kappa shape index (κ2) is 7.93. The first-order chi connectivity index (χ1) is 13.5. The number of fused-ring (bicyclic) bond motifs is 1. The van der Waals surface area contributed by atoms with Crippen LogP contribution in [0.3, 0.4) is 0 Å². The van der Waals surface area contributed by atoms with Gasteiger partial charge in [0.1, 0.15) is 5.82 Å². The van der Waals surface area contributed by atoms with Crippen molar-refractivity contribution in [2.45, 2.75) is 23.2 Å². The molecule has 0 spiro atoms. The number of amides is 1. The minimum Gasteiger partial charge on any atom is -0.312 e. The van der Waals surface area contributed by atoms with E-state index in [1.807, 2.05) is 66.2 Å². The van der Waals surface area contributed by atoms with Gasteiger partial charge in [0, 0.05) is 29.6 Å². The molecule has 0 fully saturated rings. The third-order valence-electron chi connectivity index (χ3n) is 4.78. The van der Waals surface area contributed by atoms with Crippen molar-refractivity contribution in [1.82, 2.24) is 9.55 Å². The molecule has 1 atom stereocenters. The van der Waals surface area contributed by atoms with Crippen molar-refractivity contribution >= 4 is 39.4 Å². The maximum absolute atomic E-state index is 12.9. The van der Waals surface area contributed by atoms with Crippen molar-refractivity contribution in [2.24, 2.45) is 7.05 Å². The van der Waals surface area contributed by atoms with Gasteiger partial charge in [-0.2, -0.15) is 4.98 Å². The highest BCUT2D eigenvalue weighted by molar-refractivity contribution is 9.10. The van der Waals surface area contributed by atoms with Crippen LogP contribution >= 0.6 is 27.7 Å². The van der Waals surface area contributed by atoms with Crippen LogP contribution in [-0.2, 0) is 17.6 Å². The Hall–Kier alpha value is -2.38. The molecule has 1 N–H and O–H groups in total. The Morgan fingerprint density at radius 3 is 2.57 bits per heavy atom. The van der Waals surface area contributed by atoms with Gasteiger partial charge in [0.2, 0.25) is 5.91 Å². The molecule has 1 aromatic heterocycles. The topological polar surface area (TPSA) is 64.0 Å². The lowest BCUT2D eigenvalue weighted by atomic mass is 9.87. The summed E-state index contributed by atoms with van der Waals surface area (Å²) in [5.74, 6) is 0.848. The lowest BCUT2D eigenvalue weighted by Crippen LogP contribution is -2.33. The van der Waals surface area contributed by atoms with Crippen molar-refractivity contribution in [2.75, 3.05) is 5.32 Å². The molecule has 0 bridgehead atoms. The highest BCUT2D eigenvalue weighted by Crippen LogP contribution is 2.36. The predicted molar refractivity (Wildman–Crippen MR) is 115 cm³/mol. The zero-order valence-corrected chi connectivity index (χ0v) is 17.6. The Balaban J connectivity index is 1.72. The van der Waals surface area contributed by atoms with E-state index in [1.54, 1.807) is 0 Å². The van der Waals surface area contributed by atoms with Crippen LogP contribution in [0.5, 0.6) is 0 Å². The highest BCUT2D eigenvalue weighted by Gasteiger charge is 2.32. The maximum atomic E-state index is 12.9. The van der Waals surface area contributed by atoms with Gasteiger partial charge >= 0.3 is 0 Å². The molecule has 7 heteroatoms. The van der Waals surface area contributed by atoms with Gasteiger partial charge in [0.25, 0.3) is 5.56 Å². The first kappa shape index (κ1) is 19.0. The molecule has 1 amide bonds. The number of nitrogens with zero attached hydrogens (tertiary/aromatic N) is 2. The summed E-state index contributed by atoms with van der Waals surface area (Å²) in [5.41, 5.74) is 2.35. The molecule has 0 aliphatic carbocycles. The number of thioether (sulfide) groups is 1. The van der Waals surface area contributed by atoms with Crippen LogP contribution in [0.4, 0.5) is 5.82 Å². The summed E-state index contributed by atoms with van der Waals surface area (Å²) < 4.78 is 2.77. The van der Waals surface area contributed by atoms with E-state index < -0.39 is 0 Å². The Morgan fingerprint density at radius 2 is 1.86 bits per heavy atom. The monoisotopic (exact) mass is 455 g/mol. The molecule has 142 valence electrons. The summed E-state index contributed by atoms with van der Waals surface area (Å²) in [4.78, 5) is 29.6. The first-order valence-electron chi connectivity index (χ1n) is 8.86. The highest BCUT2D eigenvalue weighted by atomic mass is 79.9. The fourth-order valence-corrected chi connectivity index (χ4v) is 4.55. The van der Waals surface area contributed by atoms with Gasteiger partial charge < -0.3 is 9.88 Å². The molecule has 0 radical (unpaired) electrons. The first-order valence-corrected chi connectivity index (χ1v) is 10.6. The molecule has 1 aliphatic heterocycles. The second-order valence-corrected chi connectivity index (χ2v) is 8.51. The van der Waals surface area contributed by atoms with E-state index in [4.69, 9.17) is 0 Å². The van der Waals surface area contributed by atoms with Crippen molar-refractivity contribution in [3.05, 3.63) is 86.1 Å². The average molecular weight is 456 g/mol. The van der Waals surface area contributed by atoms with Crippen molar-refractivity contribution in [1.29, 1.82) is 0 Å². The van der Waals surface area contributed by atoms with Crippen molar-refractivity contribution in [3.8, 4) is 0 Å². The van der Waals surface area contributed by atoms with Gasteiger partial charge in [-0.15, -0.1) is 0 Å². The smallest absolute Gasteiger partial charge is 0.279 e. The molecule has 2 heterocycles. The molecule has 0 saturated heterocycles. The van der Waals surface area contributed by atoms with Gasteiger partial charge in [-0.25, -0.2) is 0 Å². The normalized spacial score (nSPS) is 15.8. The van der Waals surface area contributed by atoms with Gasteiger partial charge in [-0.3, -0.25) is 9.59 Å². The predicted octanol–water partition coefficient (Wildman–Crippen LogP) is 4.31. The van der Waals surface area contributed by atoms with Crippen LogP contribution in [0.15, 0.2) is 69.0 Å². The number of hydrogen-bond acceptors (Lipinski definition) is 4. The zero-order valence-electron chi connectivity index (χ0n) is 15.2. The lowest BCUT2D eigenvalue weighted by molar-refractivity contribution is -0.116. The van der Waals surface area contributed by atoms with E-state index in [9.17, 15) is 9.59 Å². The number of carbonyl (C=O) groups excluding carboxylic acids is 1. The molecule has 5 nitrogen and oxygen atoms in total. The fourth-order valence-electron chi connectivity index (χ4n) is 3.37. The largest absolute Gasteiger partial charge is 0.312 e. The summed E-state index contributed by atoms with van der Waals surface area (Å²) in [6, 6.07) is 17.7. The SMILES string of the molecule is Cn1c(SCc2ccccc2)nc(=O)c2c1NC(=O)CC2c1ccc(Br)cc1. The number of aromatic nitrogens is 2. The summed E-state index contributed by atoms with van der Waals surface area (Å²) in [6.45, 7) is 0. The van der Waals surface area contributed by atoms with E-state index in [0.717, 1.165) is 15.6 Å². The molecule has 0 saturated carbocycles. The van der Waals surface area contributed by atoms with Crippen LogP contribution in [0.2, 0.25) is 0 Å². The van der Waals surface area contributed by atoms with E-state index in [1.165, 1.54) is 11.8 Å². The Kier molecular flexibility index (Phi) is 5.37. The molecule has 4 rings (SSSR count). The number of rotatable bonds is 4. The quantitative estimate of drug-likeness (QED) is 0.470. The van der Waals surface area contributed by atoms with Crippen LogP contribution in [0.1, 0.15) is 29.0 Å². The van der Waals surface area contributed by atoms with Crippen molar-refractivity contribution < 1.29 is 4.79 Å². The Labute approximate surface area is 175 Å². The average Bonchev–Trinajstić information content (AvgIpc) is 2.70. The van der Waals surface area contributed by atoms with Gasteiger partial charge in [-0.1, -0.05) is 70.2 Å². The minimum absolute atomic E-state index is 0.0966. The lowest BCUT2D eigenvalue weighted by Gasteiger charge is -2.27. The van der Waals surface area contributed by atoms with Crippen molar-refractivity contribution in [3.63, 3.8) is 0 Å². The third kappa shape index (κ3) is 3.77. The summed E-state index contributed by atoms with van der Waals surface area (Å²) in [5, 5.41) is 3.47. The minimum atomic E-state index is -0.295. The number of carbonyl (C=O) groups is 1. The molecule has 28 heavy (non-hydrogen) atoms. The number of halogens is 1. The molecular formula is C21H18BrN3O2S. The van der Waals surface area contributed by atoms with Crippen LogP contribution in [-0.4, -0.2) is 15.5 Å². The summed E-state index contributed by atoms with van der Waals surface area (Å²) in [6.07, 6.45) is 0.238. The van der Waals surface area contributed by atoms with Crippen LogP contribution in [0, 0.1) is 0 Å². The molecule has 3 aromatic rings. The van der Waals surface area contributed by atoms with Gasteiger partial charge in [-0.05, 0) is 23.3 Å². The summed E-state index contributed by atoms with van der Waals surface area (Å²) >= 11 is 4.91. The van der Waals surface area contributed by atoms with E-state index in [0.29, 0.717) is 22.3 Å². The Morgan fingerprint density at radius 1 is 1.14 bits per heavy atom. The number of benzene rings is 2. The third-order valence-corrected chi connectivity index (χ3v) is 6.41. The molecule has 2 aromatic carbocycles. The van der Waals surface area contributed by atoms with Gasteiger partial charge in [0.05, 0.1) is 5.56 Å². The number of nitrogens with one attached hydrogen (secondary N) is 1. The van der Waals surface area contributed by atoms with E-state index >= 15 is 0 Å². The zero-order chi connectivity index (χ0) is 19.7. The maximum Gasteiger partial charge on any atom is 0.279 e. The second-order valence-electron chi connectivity index (χ2n) is 6.65. The summed E-state index contributed by atoms with van der Waals surface area (Å²) in [7, 11) is 1.84. The van der Waals surface area contributed by atoms with Gasteiger partial charge in [0.15, 0.2) is 5.16 Å². The Bertz CT molecular complexity index is 1080.